The SMILES string of the molecule is NC(=NCCn1ccnc1)Nc1ccc(OC(F)(F)F)cc1. The summed E-state index contributed by atoms with van der Waals surface area (Å²) in [7, 11) is 0. The lowest BCUT2D eigenvalue weighted by Gasteiger charge is -2.10. The lowest BCUT2D eigenvalue weighted by atomic mass is 10.3. The number of benzene rings is 1. The van der Waals surface area contributed by atoms with Gasteiger partial charge in [-0.25, -0.2) is 4.98 Å². The van der Waals surface area contributed by atoms with Crippen molar-refractivity contribution in [1.82, 2.24) is 9.55 Å². The third kappa shape index (κ3) is 5.35. The maximum atomic E-state index is 12.0. The number of nitrogens with one attached hydrogen (secondary N) is 1. The smallest absolute Gasteiger partial charge is 0.406 e. The van der Waals surface area contributed by atoms with E-state index in [4.69, 9.17) is 5.73 Å². The number of ether oxygens (including phenoxy) is 1. The van der Waals surface area contributed by atoms with Crippen LogP contribution in [0.4, 0.5) is 18.9 Å². The van der Waals surface area contributed by atoms with Crippen LogP contribution in [0, 0.1) is 0 Å². The Morgan fingerprint density at radius 1 is 1.32 bits per heavy atom. The van der Waals surface area contributed by atoms with Gasteiger partial charge in [0.05, 0.1) is 12.9 Å². The van der Waals surface area contributed by atoms with Crippen LogP contribution in [0.5, 0.6) is 5.75 Å². The van der Waals surface area contributed by atoms with Crippen LogP contribution in [-0.2, 0) is 6.54 Å². The first kappa shape index (κ1) is 15.7. The van der Waals surface area contributed by atoms with Crippen molar-refractivity contribution in [3.05, 3.63) is 43.0 Å². The first-order chi connectivity index (χ1) is 10.4. The van der Waals surface area contributed by atoms with E-state index in [1.807, 2.05) is 4.57 Å². The van der Waals surface area contributed by atoms with E-state index in [1.165, 1.54) is 24.3 Å². The molecule has 1 aromatic carbocycles. The molecular weight excluding hydrogens is 299 g/mol. The molecule has 118 valence electrons. The molecule has 0 bridgehead atoms. The Morgan fingerprint density at radius 2 is 2.05 bits per heavy atom. The predicted molar refractivity (Wildman–Crippen MR) is 75.5 cm³/mol. The molecule has 0 aliphatic rings. The summed E-state index contributed by atoms with van der Waals surface area (Å²) in [6, 6.07) is 5.21. The fourth-order valence-electron chi connectivity index (χ4n) is 1.63. The van der Waals surface area contributed by atoms with Crippen molar-refractivity contribution < 1.29 is 17.9 Å². The quantitative estimate of drug-likeness (QED) is 0.655. The first-order valence-electron chi connectivity index (χ1n) is 6.31. The van der Waals surface area contributed by atoms with Crippen LogP contribution in [0.3, 0.4) is 0 Å². The summed E-state index contributed by atoms with van der Waals surface area (Å²) in [5.74, 6) is -0.127. The van der Waals surface area contributed by atoms with Crippen LogP contribution in [0.15, 0.2) is 48.0 Å². The zero-order chi connectivity index (χ0) is 16.0. The van der Waals surface area contributed by atoms with E-state index in [0.29, 0.717) is 18.8 Å². The van der Waals surface area contributed by atoms with Gasteiger partial charge in [0.2, 0.25) is 0 Å². The molecule has 0 atom stereocenters. The molecule has 3 N–H and O–H groups in total. The molecule has 2 rings (SSSR count). The third-order valence-corrected chi connectivity index (χ3v) is 2.56. The molecule has 6 nitrogen and oxygen atoms in total. The second-order valence-electron chi connectivity index (χ2n) is 4.26. The highest BCUT2D eigenvalue weighted by atomic mass is 19.4. The third-order valence-electron chi connectivity index (χ3n) is 2.56. The van der Waals surface area contributed by atoms with E-state index in [0.717, 1.165) is 0 Å². The number of nitrogens with two attached hydrogens (primary N) is 1. The van der Waals surface area contributed by atoms with Crippen molar-refractivity contribution in [3.8, 4) is 5.75 Å². The normalized spacial score (nSPS) is 12.2. The summed E-state index contributed by atoms with van der Waals surface area (Å²) in [6.07, 6.45) is 0.426. The largest absolute Gasteiger partial charge is 0.573 e. The zero-order valence-corrected chi connectivity index (χ0v) is 11.4. The second kappa shape index (κ2) is 6.83. The Bertz CT molecular complexity index is 608. The Kier molecular flexibility index (Phi) is 4.87. The van der Waals surface area contributed by atoms with Crippen molar-refractivity contribution in [1.29, 1.82) is 0 Å². The van der Waals surface area contributed by atoms with Crippen LogP contribution >= 0.6 is 0 Å². The number of guanidine groups is 1. The van der Waals surface area contributed by atoms with Crippen molar-refractivity contribution in [2.24, 2.45) is 10.7 Å². The van der Waals surface area contributed by atoms with Crippen molar-refractivity contribution >= 4 is 11.6 Å². The van der Waals surface area contributed by atoms with Crippen LogP contribution in [-0.4, -0.2) is 28.4 Å². The fourth-order valence-corrected chi connectivity index (χ4v) is 1.63. The lowest BCUT2D eigenvalue weighted by Crippen LogP contribution is -2.23. The van der Waals surface area contributed by atoms with Crippen LogP contribution in [0.2, 0.25) is 0 Å². The summed E-state index contributed by atoms with van der Waals surface area (Å²) in [5.41, 5.74) is 6.20. The number of aromatic nitrogens is 2. The number of rotatable bonds is 5. The molecule has 0 fully saturated rings. The van der Waals surface area contributed by atoms with Gasteiger partial charge in [0.15, 0.2) is 5.96 Å². The van der Waals surface area contributed by atoms with Gasteiger partial charge >= 0.3 is 6.36 Å². The Balaban J connectivity index is 1.84. The Morgan fingerprint density at radius 3 is 2.64 bits per heavy atom. The summed E-state index contributed by atoms with van der Waals surface area (Å²) < 4.78 is 41.7. The number of imidazole rings is 1. The molecule has 22 heavy (non-hydrogen) atoms. The standard InChI is InChI=1S/C13H14F3N5O/c14-13(15,16)22-11-3-1-10(2-4-11)20-12(17)19-6-8-21-7-5-18-9-21/h1-5,7,9H,6,8H2,(H3,17,19,20). The number of aliphatic imine (C=N–C) groups is 1. The summed E-state index contributed by atoms with van der Waals surface area (Å²) in [4.78, 5) is 8.00. The second-order valence-corrected chi connectivity index (χ2v) is 4.26. The van der Waals surface area contributed by atoms with E-state index < -0.39 is 6.36 Å². The van der Waals surface area contributed by atoms with E-state index in [1.54, 1.807) is 18.7 Å². The van der Waals surface area contributed by atoms with E-state index >= 15 is 0 Å². The summed E-state index contributed by atoms with van der Waals surface area (Å²) in [6.45, 7) is 1.07. The topological polar surface area (TPSA) is 77.5 Å². The highest BCUT2D eigenvalue weighted by Crippen LogP contribution is 2.23. The number of alkyl halides is 3. The molecule has 0 spiro atoms. The number of halogens is 3. The van der Waals surface area contributed by atoms with Gasteiger partial charge in [-0.15, -0.1) is 13.2 Å². The molecule has 0 radical (unpaired) electrons. The van der Waals surface area contributed by atoms with E-state index in [-0.39, 0.29) is 11.7 Å². The molecular formula is C13H14F3N5O. The maximum absolute atomic E-state index is 12.0. The molecule has 0 saturated carbocycles. The molecule has 0 amide bonds. The molecule has 0 unspecified atom stereocenters. The first-order valence-corrected chi connectivity index (χ1v) is 6.31. The van der Waals surface area contributed by atoms with Gasteiger partial charge in [-0.3, -0.25) is 4.99 Å². The molecule has 0 saturated heterocycles. The van der Waals surface area contributed by atoms with Gasteiger partial charge < -0.3 is 20.4 Å². The van der Waals surface area contributed by atoms with Crippen molar-refractivity contribution in [2.75, 3.05) is 11.9 Å². The minimum Gasteiger partial charge on any atom is -0.406 e. The highest BCUT2D eigenvalue weighted by molar-refractivity contribution is 5.92. The average molecular weight is 313 g/mol. The monoisotopic (exact) mass is 313 g/mol. The summed E-state index contributed by atoms with van der Waals surface area (Å²) in [5, 5.41) is 2.78. The van der Waals surface area contributed by atoms with E-state index in [2.05, 4.69) is 20.0 Å². The molecule has 9 heteroatoms. The van der Waals surface area contributed by atoms with Gasteiger partial charge in [-0.2, -0.15) is 0 Å². The molecule has 1 heterocycles. The van der Waals surface area contributed by atoms with Gasteiger partial charge in [0.1, 0.15) is 5.75 Å². The number of nitrogens with zero attached hydrogens (tertiary/aromatic N) is 3. The van der Waals surface area contributed by atoms with Gasteiger partial charge in [0, 0.05) is 24.6 Å². The minimum absolute atomic E-state index is 0.171. The van der Waals surface area contributed by atoms with Gasteiger partial charge in [-0.05, 0) is 24.3 Å². The predicted octanol–water partition coefficient (Wildman–Crippen LogP) is 2.21. The van der Waals surface area contributed by atoms with Gasteiger partial charge in [0.25, 0.3) is 0 Å². The van der Waals surface area contributed by atoms with Crippen molar-refractivity contribution in [2.45, 2.75) is 12.9 Å². The van der Waals surface area contributed by atoms with Gasteiger partial charge in [-0.1, -0.05) is 0 Å². The Hall–Kier alpha value is -2.71. The summed E-state index contributed by atoms with van der Waals surface area (Å²) >= 11 is 0. The molecule has 2 aromatic rings. The van der Waals surface area contributed by atoms with Crippen LogP contribution in [0.25, 0.3) is 0 Å². The number of anilines is 1. The van der Waals surface area contributed by atoms with Crippen LogP contribution in [0.1, 0.15) is 0 Å². The molecule has 1 aromatic heterocycles. The fraction of sp³-hybridized carbons (Fsp3) is 0.231. The van der Waals surface area contributed by atoms with Crippen molar-refractivity contribution in [3.63, 3.8) is 0 Å². The average Bonchev–Trinajstić information content (AvgIpc) is 2.92. The number of hydrogen-bond acceptors (Lipinski definition) is 3. The minimum atomic E-state index is -4.71. The zero-order valence-electron chi connectivity index (χ0n) is 11.4. The van der Waals surface area contributed by atoms with Crippen LogP contribution < -0.4 is 15.8 Å². The molecule has 0 aliphatic heterocycles. The lowest BCUT2D eigenvalue weighted by molar-refractivity contribution is -0.274. The number of hydrogen-bond donors (Lipinski definition) is 2. The highest BCUT2D eigenvalue weighted by Gasteiger charge is 2.30. The van der Waals surface area contributed by atoms with E-state index in [9.17, 15) is 13.2 Å². The maximum Gasteiger partial charge on any atom is 0.573 e. The Labute approximate surface area is 124 Å². The molecule has 0 aliphatic carbocycles.